The molecule has 1 atom stereocenters. The molecule has 0 bridgehead atoms. The standard InChI is InChI=1S/C15H21N3O2S2/c1-10-16-13(20-18-10)9-21-8-12(19)17-14(15(2,3)4)11-6-5-7-22-11/h5-7,14H,8-9H2,1-4H3,(H,17,19)/t14-/m1/s1. The second-order valence-corrected chi connectivity index (χ2v) is 8.07. The number of carbonyl (C=O) groups excluding carboxylic acids is 1. The van der Waals surface area contributed by atoms with E-state index in [1.165, 1.54) is 16.6 Å². The molecule has 5 nitrogen and oxygen atoms in total. The lowest BCUT2D eigenvalue weighted by molar-refractivity contribution is -0.120. The number of thiophene rings is 1. The van der Waals surface area contributed by atoms with Crippen LogP contribution in [0.25, 0.3) is 0 Å². The van der Waals surface area contributed by atoms with Gasteiger partial charge in [-0.25, -0.2) is 0 Å². The highest BCUT2D eigenvalue weighted by Crippen LogP contribution is 2.35. The number of hydrogen-bond acceptors (Lipinski definition) is 6. The summed E-state index contributed by atoms with van der Waals surface area (Å²) in [6.45, 7) is 8.17. The minimum absolute atomic E-state index is 0.0197. The number of amides is 1. The highest BCUT2D eigenvalue weighted by Gasteiger charge is 2.28. The van der Waals surface area contributed by atoms with Crippen LogP contribution in [0.4, 0.5) is 0 Å². The molecule has 22 heavy (non-hydrogen) atoms. The van der Waals surface area contributed by atoms with Crippen molar-refractivity contribution < 1.29 is 9.32 Å². The Kier molecular flexibility index (Phi) is 5.63. The quantitative estimate of drug-likeness (QED) is 0.871. The maximum Gasteiger partial charge on any atom is 0.236 e. The molecule has 0 saturated heterocycles. The third-order valence-electron chi connectivity index (χ3n) is 3.03. The first-order valence-electron chi connectivity index (χ1n) is 7.06. The molecule has 7 heteroatoms. The maximum atomic E-state index is 12.2. The summed E-state index contributed by atoms with van der Waals surface area (Å²) in [6, 6.07) is 4.10. The molecule has 1 amide bonds. The van der Waals surface area contributed by atoms with Gasteiger partial charge in [-0.1, -0.05) is 32.0 Å². The van der Waals surface area contributed by atoms with Crippen molar-refractivity contribution in [2.45, 2.75) is 39.5 Å². The van der Waals surface area contributed by atoms with Crippen molar-refractivity contribution in [1.29, 1.82) is 0 Å². The topological polar surface area (TPSA) is 68.0 Å². The van der Waals surface area contributed by atoms with Crippen molar-refractivity contribution >= 4 is 29.0 Å². The fourth-order valence-electron chi connectivity index (χ4n) is 2.00. The molecule has 2 rings (SSSR count). The van der Waals surface area contributed by atoms with Crippen LogP contribution in [0.2, 0.25) is 0 Å². The van der Waals surface area contributed by atoms with Crippen molar-refractivity contribution in [2.24, 2.45) is 5.41 Å². The van der Waals surface area contributed by atoms with E-state index < -0.39 is 0 Å². The molecule has 2 aromatic heterocycles. The van der Waals surface area contributed by atoms with Crippen molar-refractivity contribution in [3.63, 3.8) is 0 Å². The SMILES string of the molecule is Cc1noc(CSCC(=O)N[C@H](c2cccs2)C(C)(C)C)n1. The van der Waals surface area contributed by atoms with Crippen molar-refractivity contribution in [2.75, 3.05) is 5.75 Å². The third-order valence-corrected chi connectivity index (χ3v) is 4.88. The second kappa shape index (κ2) is 7.28. The predicted molar refractivity (Wildman–Crippen MR) is 89.9 cm³/mol. The van der Waals surface area contributed by atoms with E-state index in [9.17, 15) is 4.79 Å². The zero-order chi connectivity index (χ0) is 16.2. The van der Waals surface area contributed by atoms with Crippen LogP contribution < -0.4 is 5.32 Å². The predicted octanol–water partition coefficient (Wildman–Crippen LogP) is 3.58. The largest absolute Gasteiger partial charge is 0.347 e. The Morgan fingerprint density at radius 1 is 1.50 bits per heavy atom. The van der Waals surface area contributed by atoms with E-state index in [0.717, 1.165) is 0 Å². The maximum absolute atomic E-state index is 12.2. The number of thioether (sulfide) groups is 1. The molecule has 0 aliphatic carbocycles. The summed E-state index contributed by atoms with van der Waals surface area (Å²) < 4.78 is 5.03. The lowest BCUT2D eigenvalue weighted by Crippen LogP contribution is -2.37. The number of carbonyl (C=O) groups is 1. The van der Waals surface area contributed by atoms with E-state index in [0.29, 0.717) is 23.2 Å². The van der Waals surface area contributed by atoms with Gasteiger partial charge in [0, 0.05) is 4.88 Å². The van der Waals surface area contributed by atoms with Crippen LogP contribution in [0.15, 0.2) is 22.0 Å². The van der Waals surface area contributed by atoms with Gasteiger partial charge in [0.1, 0.15) is 0 Å². The molecule has 0 radical (unpaired) electrons. The molecule has 0 aliphatic heterocycles. The Morgan fingerprint density at radius 2 is 2.27 bits per heavy atom. The fraction of sp³-hybridized carbons (Fsp3) is 0.533. The number of hydrogen-bond donors (Lipinski definition) is 1. The van der Waals surface area contributed by atoms with E-state index >= 15 is 0 Å². The Morgan fingerprint density at radius 3 is 2.82 bits per heavy atom. The molecule has 0 saturated carbocycles. The summed E-state index contributed by atoms with van der Waals surface area (Å²) in [7, 11) is 0. The molecule has 0 spiro atoms. The van der Waals surface area contributed by atoms with Gasteiger partial charge in [-0.3, -0.25) is 4.79 Å². The van der Waals surface area contributed by atoms with Crippen LogP contribution in [-0.4, -0.2) is 21.8 Å². The van der Waals surface area contributed by atoms with Gasteiger partial charge >= 0.3 is 0 Å². The van der Waals surface area contributed by atoms with Crippen molar-refractivity contribution in [3.8, 4) is 0 Å². The van der Waals surface area contributed by atoms with Gasteiger partial charge in [-0.05, 0) is 23.8 Å². The van der Waals surface area contributed by atoms with Crippen LogP contribution in [0.3, 0.4) is 0 Å². The summed E-state index contributed by atoms with van der Waals surface area (Å²) in [5.74, 6) is 2.12. The van der Waals surface area contributed by atoms with E-state index in [-0.39, 0.29) is 17.4 Å². The van der Waals surface area contributed by atoms with Gasteiger partial charge in [0.15, 0.2) is 5.82 Å². The minimum atomic E-state index is -0.0330. The van der Waals surface area contributed by atoms with Crippen LogP contribution in [-0.2, 0) is 10.5 Å². The second-order valence-electron chi connectivity index (χ2n) is 6.11. The molecule has 2 heterocycles. The molecule has 0 unspecified atom stereocenters. The molecule has 0 aromatic carbocycles. The van der Waals surface area contributed by atoms with E-state index in [2.05, 4.69) is 42.3 Å². The van der Waals surface area contributed by atoms with Gasteiger partial charge < -0.3 is 9.84 Å². The highest BCUT2D eigenvalue weighted by atomic mass is 32.2. The molecule has 0 fully saturated rings. The average Bonchev–Trinajstić information content (AvgIpc) is 3.06. The first-order chi connectivity index (χ1) is 10.4. The lowest BCUT2D eigenvalue weighted by Gasteiger charge is -2.30. The van der Waals surface area contributed by atoms with E-state index in [4.69, 9.17) is 4.52 Å². The van der Waals surface area contributed by atoms with Gasteiger partial charge in [-0.2, -0.15) is 4.98 Å². The first-order valence-corrected chi connectivity index (χ1v) is 9.09. The van der Waals surface area contributed by atoms with Crippen LogP contribution in [0.5, 0.6) is 0 Å². The van der Waals surface area contributed by atoms with E-state index in [1.54, 1.807) is 18.3 Å². The van der Waals surface area contributed by atoms with Crippen LogP contribution in [0, 0.1) is 12.3 Å². The van der Waals surface area contributed by atoms with Gasteiger partial charge in [0.25, 0.3) is 0 Å². The van der Waals surface area contributed by atoms with E-state index in [1.807, 2.05) is 11.4 Å². The zero-order valence-corrected chi connectivity index (χ0v) is 14.9. The number of aryl methyl sites for hydroxylation is 1. The smallest absolute Gasteiger partial charge is 0.236 e. The molecule has 120 valence electrons. The highest BCUT2D eigenvalue weighted by molar-refractivity contribution is 7.99. The monoisotopic (exact) mass is 339 g/mol. The molecule has 0 aliphatic rings. The summed E-state index contributed by atoms with van der Waals surface area (Å²) in [4.78, 5) is 17.5. The average molecular weight is 339 g/mol. The number of nitrogens with zero attached hydrogens (tertiary/aromatic N) is 2. The fourth-order valence-corrected chi connectivity index (χ4v) is 3.68. The van der Waals surface area contributed by atoms with Crippen molar-refractivity contribution in [1.82, 2.24) is 15.5 Å². The number of aromatic nitrogens is 2. The molecule has 1 N–H and O–H groups in total. The molecular formula is C15H21N3O2S2. The Labute approximate surface area is 138 Å². The summed E-state index contributed by atoms with van der Waals surface area (Å²) >= 11 is 3.14. The van der Waals surface area contributed by atoms with Crippen molar-refractivity contribution in [3.05, 3.63) is 34.1 Å². The molecule has 2 aromatic rings. The van der Waals surface area contributed by atoms with Gasteiger partial charge in [0.2, 0.25) is 11.8 Å². The minimum Gasteiger partial charge on any atom is -0.347 e. The van der Waals surface area contributed by atoms with Crippen LogP contribution >= 0.6 is 23.1 Å². The Bertz CT molecular complexity index is 603. The number of nitrogens with one attached hydrogen (secondary N) is 1. The summed E-state index contributed by atoms with van der Waals surface area (Å²) in [5, 5.41) is 8.90. The Balaban J connectivity index is 1.86. The van der Waals surface area contributed by atoms with Crippen LogP contribution in [0.1, 0.15) is 43.4 Å². The summed E-state index contributed by atoms with van der Waals surface area (Å²) in [6.07, 6.45) is 0. The normalized spacial score (nSPS) is 13.1. The third kappa shape index (κ3) is 4.84. The number of rotatable bonds is 6. The lowest BCUT2D eigenvalue weighted by atomic mass is 9.86. The Hall–Kier alpha value is -1.34. The summed E-state index contributed by atoms with van der Waals surface area (Å²) in [5.41, 5.74) is -0.0330. The zero-order valence-electron chi connectivity index (χ0n) is 13.3. The molecular weight excluding hydrogens is 318 g/mol. The van der Waals surface area contributed by atoms with Gasteiger partial charge in [0.05, 0.1) is 17.5 Å². The van der Waals surface area contributed by atoms with Gasteiger partial charge in [-0.15, -0.1) is 23.1 Å². The first kappa shape index (κ1) is 17.0.